The first-order valence-electron chi connectivity index (χ1n) is 13.0. The van der Waals surface area contributed by atoms with Crippen LogP contribution in [0, 0.1) is 0 Å². The smallest absolute Gasteiger partial charge is 0.255 e. The van der Waals surface area contributed by atoms with Gasteiger partial charge in [-0.15, -0.1) is 0 Å². The maximum absolute atomic E-state index is 13.4. The number of hydrogen-bond donors (Lipinski definition) is 1. The summed E-state index contributed by atoms with van der Waals surface area (Å²) in [7, 11) is 0. The van der Waals surface area contributed by atoms with Gasteiger partial charge in [-0.1, -0.05) is 91.0 Å². The summed E-state index contributed by atoms with van der Waals surface area (Å²) >= 11 is 0. The molecule has 1 aliphatic heterocycles. The van der Waals surface area contributed by atoms with Gasteiger partial charge in [-0.2, -0.15) is 0 Å². The molecule has 1 amide bonds. The second-order valence-electron chi connectivity index (χ2n) is 9.52. The molecule has 1 N–H and O–H groups in total. The molecule has 0 unspecified atom stereocenters. The highest BCUT2D eigenvalue weighted by Crippen LogP contribution is 2.30. The zero-order chi connectivity index (χ0) is 24.7. The molecular formula is C32H34N2O2. The molecule has 36 heavy (non-hydrogen) atoms. The van der Waals surface area contributed by atoms with Crippen molar-refractivity contribution in [3.63, 3.8) is 0 Å². The van der Waals surface area contributed by atoms with Crippen molar-refractivity contribution in [2.75, 3.05) is 26.2 Å². The molecule has 0 radical (unpaired) electrons. The Balaban J connectivity index is 1.25. The fourth-order valence-electron chi connectivity index (χ4n) is 5.38. The number of ether oxygens (including phenoxy) is 1. The molecule has 1 fully saturated rings. The van der Waals surface area contributed by atoms with Gasteiger partial charge in [0.25, 0.3) is 5.91 Å². The molecule has 4 aromatic carbocycles. The van der Waals surface area contributed by atoms with E-state index in [2.05, 4.69) is 70.9 Å². The Morgan fingerprint density at radius 2 is 1.58 bits per heavy atom. The summed E-state index contributed by atoms with van der Waals surface area (Å²) in [6, 6.07) is 33.6. The lowest BCUT2D eigenvalue weighted by molar-refractivity contribution is 0.0935. The van der Waals surface area contributed by atoms with Crippen LogP contribution in [0.5, 0.6) is 5.75 Å². The van der Waals surface area contributed by atoms with Crippen molar-refractivity contribution < 1.29 is 9.53 Å². The standard InChI is InChI=1S/C32H34N2O2/c1-2-36-30-18-17-26-15-9-10-16-29(26)31(30)32(35)33-27-19-21-34(23-27)22-20-28(24-11-5-3-6-12-24)25-13-7-4-8-14-25/h3-18,27-28H,2,19-23H2,1H3,(H,33,35)/t27-/m1/s1. The van der Waals surface area contributed by atoms with Crippen LogP contribution in [-0.4, -0.2) is 43.1 Å². The second-order valence-corrected chi connectivity index (χ2v) is 9.52. The van der Waals surface area contributed by atoms with E-state index in [1.807, 2.05) is 43.3 Å². The molecule has 184 valence electrons. The van der Waals surface area contributed by atoms with Gasteiger partial charge in [-0.25, -0.2) is 0 Å². The average molecular weight is 479 g/mol. The number of nitrogens with one attached hydrogen (secondary N) is 1. The third kappa shape index (κ3) is 5.44. The van der Waals surface area contributed by atoms with Gasteiger partial charge >= 0.3 is 0 Å². The fraction of sp³-hybridized carbons (Fsp3) is 0.281. The number of hydrogen-bond acceptors (Lipinski definition) is 3. The van der Waals surface area contributed by atoms with E-state index in [1.165, 1.54) is 11.1 Å². The number of likely N-dealkylation sites (tertiary alicyclic amines) is 1. The maximum Gasteiger partial charge on any atom is 0.255 e. The molecule has 1 aliphatic rings. The van der Waals surface area contributed by atoms with Gasteiger partial charge in [0.1, 0.15) is 5.75 Å². The summed E-state index contributed by atoms with van der Waals surface area (Å²) in [5.74, 6) is 0.969. The summed E-state index contributed by atoms with van der Waals surface area (Å²) < 4.78 is 5.83. The van der Waals surface area contributed by atoms with E-state index in [-0.39, 0.29) is 11.9 Å². The molecule has 0 spiro atoms. The quantitative estimate of drug-likeness (QED) is 0.308. The summed E-state index contributed by atoms with van der Waals surface area (Å²) in [4.78, 5) is 15.9. The monoisotopic (exact) mass is 478 g/mol. The molecule has 1 atom stereocenters. The van der Waals surface area contributed by atoms with Crippen molar-refractivity contribution in [2.24, 2.45) is 0 Å². The number of fused-ring (bicyclic) bond motifs is 1. The van der Waals surface area contributed by atoms with Crippen molar-refractivity contribution in [2.45, 2.75) is 31.7 Å². The number of rotatable bonds is 9. The van der Waals surface area contributed by atoms with Crippen LogP contribution in [0.1, 0.15) is 47.2 Å². The van der Waals surface area contributed by atoms with E-state index in [9.17, 15) is 4.79 Å². The first-order chi connectivity index (χ1) is 17.7. The molecule has 0 saturated carbocycles. The zero-order valence-corrected chi connectivity index (χ0v) is 20.9. The molecule has 1 saturated heterocycles. The van der Waals surface area contributed by atoms with Crippen molar-refractivity contribution in [3.05, 3.63) is 114 Å². The number of benzene rings is 4. The Morgan fingerprint density at radius 3 is 2.28 bits per heavy atom. The molecule has 5 rings (SSSR count). The molecule has 4 nitrogen and oxygen atoms in total. The molecule has 1 heterocycles. The largest absolute Gasteiger partial charge is 0.493 e. The number of amides is 1. The first kappa shape index (κ1) is 24.1. The average Bonchev–Trinajstić information content (AvgIpc) is 3.37. The van der Waals surface area contributed by atoms with Crippen molar-refractivity contribution >= 4 is 16.7 Å². The number of carbonyl (C=O) groups excluding carboxylic acids is 1. The van der Waals surface area contributed by atoms with E-state index in [4.69, 9.17) is 4.74 Å². The van der Waals surface area contributed by atoms with Gasteiger partial charge in [-0.05, 0) is 54.3 Å². The lowest BCUT2D eigenvalue weighted by atomic mass is 9.88. The normalized spacial score (nSPS) is 15.9. The van der Waals surface area contributed by atoms with E-state index < -0.39 is 0 Å². The highest BCUT2D eigenvalue weighted by molar-refractivity contribution is 6.09. The third-order valence-electron chi connectivity index (χ3n) is 7.16. The molecule has 4 heteroatoms. The Hall–Kier alpha value is -3.63. The minimum Gasteiger partial charge on any atom is -0.493 e. The summed E-state index contributed by atoms with van der Waals surface area (Å²) in [5.41, 5.74) is 3.35. The van der Waals surface area contributed by atoms with Crippen LogP contribution in [0.4, 0.5) is 0 Å². The summed E-state index contributed by atoms with van der Waals surface area (Å²) in [5, 5.41) is 5.29. The predicted molar refractivity (Wildman–Crippen MR) is 147 cm³/mol. The molecular weight excluding hydrogens is 444 g/mol. The van der Waals surface area contributed by atoms with Crippen LogP contribution in [-0.2, 0) is 0 Å². The van der Waals surface area contributed by atoms with Gasteiger partial charge in [-0.3, -0.25) is 4.79 Å². The molecule has 0 aliphatic carbocycles. The lowest BCUT2D eigenvalue weighted by Crippen LogP contribution is -2.37. The zero-order valence-electron chi connectivity index (χ0n) is 20.9. The van der Waals surface area contributed by atoms with Gasteiger partial charge in [0.2, 0.25) is 0 Å². The first-order valence-corrected chi connectivity index (χ1v) is 13.0. The van der Waals surface area contributed by atoms with E-state index >= 15 is 0 Å². The minimum absolute atomic E-state index is 0.0476. The topological polar surface area (TPSA) is 41.6 Å². The number of carbonyl (C=O) groups is 1. The molecule has 4 aromatic rings. The number of nitrogens with zero attached hydrogens (tertiary/aromatic N) is 1. The Bertz CT molecular complexity index is 1250. The van der Waals surface area contributed by atoms with Crippen LogP contribution >= 0.6 is 0 Å². The fourth-order valence-corrected chi connectivity index (χ4v) is 5.38. The van der Waals surface area contributed by atoms with Crippen molar-refractivity contribution in [1.29, 1.82) is 0 Å². The third-order valence-corrected chi connectivity index (χ3v) is 7.16. The Kier molecular flexibility index (Phi) is 7.63. The minimum atomic E-state index is -0.0476. The second kappa shape index (κ2) is 11.4. The summed E-state index contributed by atoms with van der Waals surface area (Å²) in [6.07, 6.45) is 2.01. The Morgan fingerprint density at radius 1 is 0.917 bits per heavy atom. The van der Waals surface area contributed by atoms with Crippen LogP contribution < -0.4 is 10.1 Å². The van der Waals surface area contributed by atoms with E-state index in [1.54, 1.807) is 0 Å². The van der Waals surface area contributed by atoms with Gasteiger partial charge in [0, 0.05) is 25.0 Å². The van der Waals surface area contributed by atoms with E-state index in [0.717, 1.165) is 43.2 Å². The molecule has 0 aromatic heterocycles. The highest BCUT2D eigenvalue weighted by Gasteiger charge is 2.27. The lowest BCUT2D eigenvalue weighted by Gasteiger charge is -2.23. The van der Waals surface area contributed by atoms with Crippen LogP contribution in [0.3, 0.4) is 0 Å². The van der Waals surface area contributed by atoms with Crippen LogP contribution in [0.2, 0.25) is 0 Å². The van der Waals surface area contributed by atoms with Crippen molar-refractivity contribution in [3.8, 4) is 5.75 Å². The highest BCUT2D eigenvalue weighted by atomic mass is 16.5. The Labute approximate surface area is 213 Å². The SMILES string of the molecule is CCOc1ccc2ccccc2c1C(=O)N[C@@H]1CCN(CCC(c2ccccc2)c2ccccc2)C1. The van der Waals surface area contributed by atoms with Crippen molar-refractivity contribution in [1.82, 2.24) is 10.2 Å². The van der Waals surface area contributed by atoms with Gasteiger partial charge in [0.15, 0.2) is 0 Å². The van der Waals surface area contributed by atoms with Gasteiger partial charge in [0.05, 0.1) is 12.2 Å². The van der Waals surface area contributed by atoms with E-state index in [0.29, 0.717) is 23.8 Å². The maximum atomic E-state index is 13.4. The van der Waals surface area contributed by atoms with Gasteiger partial charge < -0.3 is 15.0 Å². The predicted octanol–water partition coefficient (Wildman–Crippen LogP) is 6.26. The summed E-state index contributed by atoms with van der Waals surface area (Å²) in [6.45, 7) is 5.34. The van der Waals surface area contributed by atoms with Crippen LogP contribution in [0.25, 0.3) is 10.8 Å². The van der Waals surface area contributed by atoms with Crippen LogP contribution in [0.15, 0.2) is 97.1 Å². The molecule has 0 bridgehead atoms.